The Morgan fingerprint density at radius 1 is 1.07 bits per heavy atom. The van der Waals surface area contributed by atoms with Crippen LogP contribution in [0.3, 0.4) is 0 Å². The highest BCUT2D eigenvalue weighted by Gasteiger charge is 2.32. The van der Waals surface area contributed by atoms with E-state index in [1.54, 1.807) is 0 Å². The van der Waals surface area contributed by atoms with E-state index < -0.39 is 0 Å². The number of benzene rings is 1. The van der Waals surface area contributed by atoms with Crippen molar-refractivity contribution in [3.05, 3.63) is 51.7 Å². The fourth-order valence-electron chi connectivity index (χ4n) is 3.60. The molecule has 3 N–H and O–H groups in total. The van der Waals surface area contributed by atoms with Gasteiger partial charge >= 0.3 is 0 Å². The van der Waals surface area contributed by atoms with E-state index in [1.165, 1.54) is 0 Å². The molecule has 6 heteroatoms. The maximum absolute atomic E-state index is 9.69. The minimum Gasteiger partial charge on any atom is -0.490 e. The molecule has 2 aromatic rings. The smallest absolute Gasteiger partial charge is 0.289 e. The van der Waals surface area contributed by atoms with Crippen molar-refractivity contribution in [2.24, 2.45) is 0 Å². The third-order valence-corrected chi connectivity index (χ3v) is 4.93. The van der Waals surface area contributed by atoms with Crippen molar-refractivity contribution in [1.82, 2.24) is 0 Å². The van der Waals surface area contributed by atoms with Crippen molar-refractivity contribution in [2.45, 2.75) is 27.7 Å². The van der Waals surface area contributed by atoms with Gasteiger partial charge in [0.1, 0.15) is 23.3 Å². The molecule has 0 saturated heterocycles. The van der Waals surface area contributed by atoms with Crippen molar-refractivity contribution in [3.8, 4) is 23.6 Å². The quantitative estimate of drug-likeness (QED) is 0.837. The van der Waals surface area contributed by atoms with Crippen molar-refractivity contribution >= 4 is 23.0 Å². The van der Waals surface area contributed by atoms with Gasteiger partial charge in [-0.3, -0.25) is 5.73 Å². The van der Waals surface area contributed by atoms with E-state index in [9.17, 15) is 10.5 Å². The molecule has 3 rings (SSSR count). The second-order valence-electron chi connectivity index (χ2n) is 6.64. The second kappa shape index (κ2) is 8.08. The number of nitrogens with zero attached hydrogens (tertiary/aromatic N) is 2. The molecule has 29 heavy (non-hydrogen) atoms. The molecule has 1 aromatic heterocycles. The first-order chi connectivity index (χ1) is 14.0. The maximum Gasteiger partial charge on any atom is 0.289 e. The van der Waals surface area contributed by atoms with Crippen molar-refractivity contribution in [1.29, 1.82) is 10.5 Å². The van der Waals surface area contributed by atoms with E-state index in [1.807, 2.05) is 52.0 Å². The molecular weight excluding hydrogens is 364 g/mol. The van der Waals surface area contributed by atoms with Crippen LogP contribution in [0.15, 0.2) is 23.8 Å². The highest BCUT2D eigenvalue weighted by Crippen LogP contribution is 2.43. The van der Waals surface area contributed by atoms with Crippen LogP contribution in [0.2, 0.25) is 0 Å². The van der Waals surface area contributed by atoms with Gasteiger partial charge in [-0.25, -0.2) is 4.98 Å². The number of nitrogens with one attached hydrogen (secondary N) is 1. The van der Waals surface area contributed by atoms with Crippen LogP contribution in [0.1, 0.15) is 48.7 Å². The average Bonchev–Trinajstić information content (AvgIpc) is 2.95. The highest BCUT2D eigenvalue weighted by molar-refractivity contribution is 6.07. The van der Waals surface area contributed by atoms with E-state index in [0.717, 1.165) is 27.8 Å². The molecule has 1 heterocycles. The van der Waals surface area contributed by atoms with Crippen LogP contribution in [0.5, 0.6) is 11.5 Å². The van der Waals surface area contributed by atoms with E-state index in [4.69, 9.17) is 15.2 Å². The molecule has 0 radical (unpaired) electrons. The number of hydrogen-bond acceptors (Lipinski definition) is 5. The maximum atomic E-state index is 9.69. The number of anilines is 1. The fraction of sp³-hybridized carbons (Fsp3) is 0.261. The van der Waals surface area contributed by atoms with Crippen molar-refractivity contribution in [2.75, 3.05) is 18.9 Å². The minimum atomic E-state index is 0.269. The molecule has 1 aromatic carbocycles. The summed E-state index contributed by atoms with van der Waals surface area (Å²) in [6.45, 7) is 8.68. The summed E-state index contributed by atoms with van der Waals surface area (Å²) >= 11 is 0. The van der Waals surface area contributed by atoms with E-state index in [0.29, 0.717) is 41.5 Å². The SMILES string of the molecule is CCOc1ccc(C=C2C(C)=C(C#N)c3[nH+]c(N)c(C#N)c(C)c32)cc1OCC. The number of hydrogen-bond donors (Lipinski definition) is 1. The lowest BCUT2D eigenvalue weighted by Crippen LogP contribution is -2.20. The lowest BCUT2D eigenvalue weighted by molar-refractivity contribution is -0.364. The van der Waals surface area contributed by atoms with Gasteiger partial charge in [-0.15, -0.1) is 0 Å². The van der Waals surface area contributed by atoms with Gasteiger partial charge in [0.25, 0.3) is 5.82 Å². The van der Waals surface area contributed by atoms with Crippen LogP contribution in [0.4, 0.5) is 5.82 Å². The number of allylic oxidation sites excluding steroid dienone is 3. The predicted molar refractivity (Wildman–Crippen MR) is 112 cm³/mol. The van der Waals surface area contributed by atoms with Crippen LogP contribution < -0.4 is 20.2 Å². The van der Waals surface area contributed by atoms with Gasteiger partial charge in [-0.1, -0.05) is 6.07 Å². The normalized spacial score (nSPS) is 13.8. The number of pyridine rings is 1. The first-order valence-corrected chi connectivity index (χ1v) is 9.45. The Balaban J connectivity index is 2.22. The molecule has 0 fully saturated rings. The number of H-pyrrole nitrogens is 1. The van der Waals surface area contributed by atoms with Crippen LogP contribution >= 0.6 is 0 Å². The van der Waals surface area contributed by atoms with Crippen LogP contribution in [-0.4, -0.2) is 13.2 Å². The zero-order valence-corrected chi connectivity index (χ0v) is 17.0. The van der Waals surface area contributed by atoms with Crippen molar-refractivity contribution in [3.63, 3.8) is 0 Å². The number of fused-ring (bicyclic) bond motifs is 1. The number of nitriles is 2. The average molecular weight is 387 g/mol. The van der Waals surface area contributed by atoms with Crippen molar-refractivity contribution < 1.29 is 14.5 Å². The first-order valence-electron chi connectivity index (χ1n) is 9.45. The summed E-state index contributed by atoms with van der Waals surface area (Å²) in [6, 6.07) is 10.2. The monoisotopic (exact) mass is 387 g/mol. The van der Waals surface area contributed by atoms with Crippen LogP contribution in [0.25, 0.3) is 17.2 Å². The summed E-state index contributed by atoms with van der Waals surface area (Å²) in [5.74, 6) is 1.63. The largest absolute Gasteiger partial charge is 0.490 e. The third-order valence-electron chi connectivity index (χ3n) is 4.93. The summed E-state index contributed by atoms with van der Waals surface area (Å²) in [5, 5.41) is 19.2. The Kier molecular flexibility index (Phi) is 5.57. The third kappa shape index (κ3) is 3.41. The van der Waals surface area contributed by atoms with Gasteiger partial charge in [0, 0.05) is 5.56 Å². The highest BCUT2D eigenvalue weighted by atomic mass is 16.5. The topological polar surface area (TPSA) is 106 Å². The molecule has 1 aliphatic rings. The van der Waals surface area contributed by atoms with E-state index >= 15 is 0 Å². The summed E-state index contributed by atoms with van der Waals surface area (Å²) in [7, 11) is 0. The number of rotatable bonds is 5. The number of nitrogens with two attached hydrogens (primary N) is 1. The second-order valence-corrected chi connectivity index (χ2v) is 6.64. The molecule has 0 spiro atoms. The van der Waals surface area contributed by atoms with Crippen LogP contribution in [0, 0.1) is 29.6 Å². The number of ether oxygens (including phenoxy) is 2. The summed E-state index contributed by atoms with van der Waals surface area (Å²) in [4.78, 5) is 3.04. The van der Waals surface area contributed by atoms with Gasteiger partial charge in [-0.2, -0.15) is 10.5 Å². The molecule has 0 saturated carbocycles. The van der Waals surface area contributed by atoms with E-state index in [-0.39, 0.29) is 5.82 Å². The van der Waals surface area contributed by atoms with Gasteiger partial charge in [0.2, 0.25) is 0 Å². The molecule has 0 bridgehead atoms. The van der Waals surface area contributed by atoms with Gasteiger partial charge in [-0.05, 0) is 68.2 Å². The molecular formula is C23H23N4O2+. The molecule has 146 valence electrons. The van der Waals surface area contributed by atoms with Gasteiger partial charge in [0.05, 0.1) is 13.2 Å². The molecule has 0 amide bonds. The van der Waals surface area contributed by atoms with Crippen LogP contribution in [-0.2, 0) is 0 Å². The number of aromatic amines is 1. The molecule has 0 aliphatic heterocycles. The Morgan fingerprint density at radius 3 is 2.38 bits per heavy atom. The number of nitrogen functional groups attached to an aromatic ring is 1. The molecule has 1 aliphatic carbocycles. The van der Waals surface area contributed by atoms with Gasteiger partial charge in [0.15, 0.2) is 17.2 Å². The predicted octanol–water partition coefficient (Wildman–Crippen LogP) is 3.91. The Labute approximate surface area is 170 Å². The molecule has 0 unspecified atom stereocenters. The zero-order chi connectivity index (χ0) is 21.1. The fourth-order valence-corrected chi connectivity index (χ4v) is 3.60. The molecule has 0 atom stereocenters. The Hall–Kier alpha value is -3.77. The Morgan fingerprint density at radius 2 is 1.76 bits per heavy atom. The zero-order valence-electron chi connectivity index (χ0n) is 17.0. The minimum absolute atomic E-state index is 0.269. The van der Waals surface area contributed by atoms with E-state index in [2.05, 4.69) is 17.1 Å². The summed E-state index contributed by atoms with van der Waals surface area (Å²) in [6.07, 6.45) is 1.99. The Bertz CT molecular complexity index is 1130. The summed E-state index contributed by atoms with van der Waals surface area (Å²) < 4.78 is 11.4. The number of aromatic nitrogens is 1. The van der Waals surface area contributed by atoms with Gasteiger partial charge < -0.3 is 9.47 Å². The standard InChI is InChI=1S/C23H22N4O2/c1-5-28-19-8-7-15(10-20(19)29-6-2)9-16-13(3)17(11-24)22-21(16)14(4)18(12-25)23(26)27-22/h7-10H,5-6H2,1-4H3,(H2,26,27)/p+1. The lowest BCUT2D eigenvalue weighted by atomic mass is 9.95. The molecule has 6 nitrogen and oxygen atoms in total. The lowest BCUT2D eigenvalue weighted by Gasteiger charge is -2.12. The summed E-state index contributed by atoms with van der Waals surface area (Å²) in [5.41, 5.74) is 11.8. The first kappa shape index (κ1) is 20.0.